The lowest BCUT2D eigenvalue weighted by molar-refractivity contribution is 0.530. The molecule has 0 amide bonds. The molecule has 2 aliphatic carbocycles. The summed E-state index contributed by atoms with van der Waals surface area (Å²) in [6.45, 7) is 0. The van der Waals surface area contributed by atoms with Crippen LogP contribution < -0.4 is 0 Å². The van der Waals surface area contributed by atoms with E-state index in [2.05, 4.69) is 0 Å². The fourth-order valence-corrected chi connectivity index (χ4v) is 4.76. The predicted octanol–water partition coefficient (Wildman–Crippen LogP) is 3.59. The van der Waals surface area contributed by atoms with Gasteiger partial charge in [-0.2, -0.15) is 0 Å². The van der Waals surface area contributed by atoms with Crippen molar-refractivity contribution in [2.45, 2.75) is 54.4 Å². The van der Waals surface area contributed by atoms with E-state index < -0.39 is 14.0 Å². The third-order valence-electron chi connectivity index (χ3n) is 3.66. The Morgan fingerprint density at radius 1 is 1.06 bits per heavy atom. The minimum absolute atomic E-state index is 0.357. The van der Waals surface area contributed by atoms with Gasteiger partial charge in [0.05, 0.1) is 5.25 Å². The monoisotopic (exact) mass is 282 g/mol. The number of hydrogen-bond donors (Lipinski definition) is 0. The van der Waals surface area contributed by atoms with Gasteiger partial charge in [-0.05, 0) is 44.9 Å². The van der Waals surface area contributed by atoms with Crippen molar-refractivity contribution < 1.29 is 8.42 Å². The Morgan fingerprint density at radius 3 is 2.31 bits per heavy atom. The first-order chi connectivity index (χ1) is 7.51. The first-order valence-corrected chi connectivity index (χ1v) is 8.20. The zero-order valence-electron chi connectivity index (χ0n) is 9.09. The van der Waals surface area contributed by atoms with Gasteiger partial charge in [-0.25, -0.2) is 8.42 Å². The topological polar surface area (TPSA) is 34.1 Å². The Balaban J connectivity index is 2.16. The van der Waals surface area contributed by atoms with Crippen molar-refractivity contribution in [1.82, 2.24) is 0 Å². The van der Waals surface area contributed by atoms with E-state index in [4.69, 9.17) is 23.2 Å². The largest absolute Gasteiger partial charge is 0.226 e. The first kappa shape index (κ1) is 12.7. The Kier molecular flexibility index (Phi) is 3.87. The molecule has 1 unspecified atom stereocenters. The van der Waals surface area contributed by atoms with E-state index in [-0.39, 0.29) is 5.25 Å². The highest BCUT2D eigenvalue weighted by molar-refractivity contribution is 7.95. The SMILES string of the molecule is O=S(=O)(C(Cl)Cl)C1CCC2=C(CCCC2)C1. The van der Waals surface area contributed by atoms with Crippen LogP contribution in [-0.2, 0) is 9.84 Å². The number of halogens is 2. The van der Waals surface area contributed by atoms with Gasteiger partial charge in [0.25, 0.3) is 0 Å². The summed E-state index contributed by atoms with van der Waals surface area (Å²) in [6, 6.07) is 0. The number of sulfone groups is 1. The molecule has 0 saturated carbocycles. The van der Waals surface area contributed by atoms with Gasteiger partial charge in [0.15, 0.2) is 9.84 Å². The minimum atomic E-state index is -3.35. The molecule has 16 heavy (non-hydrogen) atoms. The third kappa shape index (κ3) is 2.41. The molecule has 0 saturated heterocycles. The first-order valence-electron chi connectivity index (χ1n) is 5.72. The van der Waals surface area contributed by atoms with E-state index >= 15 is 0 Å². The van der Waals surface area contributed by atoms with E-state index in [9.17, 15) is 8.42 Å². The maximum atomic E-state index is 11.9. The summed E-state index contributed by atoms with van der Waals surface area (Å²) >= 11 is 11.1. The molecule has 2 rings (SSSR count). The molecule has 0 aromatic heterocycles. The number of hydrogen-bond acceptors (Lipinski definition) is 2. The molecule has 0 heterocycles. The van der Waals surface area contributed by atoms with Gasteiger partial charge >= 0.3 is 0 Å². The van der Waals surface area contributed by atoms with Gasteiger partial charge in [0.1, 0.15) is 0 Å². The summed E-state index contributed by atoms with van der Waals surface area (Å²) in [5, 5.41) is -0.357. The van der Waals surface area contributed by atoms with Crippen molar-refractivity contribution >= 4 is 33.0 Å². The Bertz CT molecular complexity index is 398. The van der Waals surface area contributed by atoms with Crippen molar-refractivity contribution in [1.29, 1.82) is 0 Å². The van der Waals surface area contributed by atoms with Crippen LogP contribution in [0.5, 0.6) is 0 Å². The lowest BCUT2D eigenvalue weighted by Gasteiger charge is -2.30. The molecule has 2 aliphatic rings. The zero-order valence-corrected chi connectivity index (χ0v) is 11.4. The second kappa shape index (κ2) is 4.87. The highest BCUT2D eigenvalue weighted by Crippen LogP contribution is 2.39. The van der Waals surface area contributed by atoms with Crippen molar-refractivity contribution in [2.75, 3.05) is 0 Å². The van der Waals surface area contributed by atoms with E-state index in [1.807, 2.05) is 0 Å². The van der Waals surface area contributed by atoms with E-state index in [0.29, 0.717) is 12.8 Å². The van der Waals surface area contributed by atoms with Crippen LogP contribution in [0.15, 0.2) is 11.1 Å². The van der Waals surface area contributed by atoms with Gasteiger partial charge in [-0.3, -0.25) is 0 Å². The van der Waals surface area contributed by atoms with Crippen molar-refractivity contribution in [3.8, 4) is 0 Å². The van der Waals surface area contributed by atoms with Crippen LogP contribution in [-0.4, -0.2) is 17.8 Å². The number of rotatable bonds is 2. The Labute approximate surface area is 107 Å². The summed E-state index contributed by atoms with van der Waals surface area (Å²) in [4.78, 5) is 0. The van der Waals surface area contributed by atoms with Gasteiger partial charge < -0.3 is 0 Å². The molecule has 0 aromatic carbocycles. The van der Waals surface area contributed by atoms with Crippen LogP contribution in [0, 0.1) is 0 Å². The van der Waals surface area contributed by atoms with Crippen molar-refractivity contribution in [3.63, 3.8) is 0 Å². The Hall–Kier alpha value is 0.270. The predicted molar refractivity (Wildman–Crippen MR) is 67.5 cm³/mol. The van der Waals surface area contributed by atoms with E-state index in [1.165, 1.54) is 24.0 Å². The lowest BCUT2D eigenvalue weighted by atomic mass is 9.82. The molecular weight excluding hydrogens is 267 g/mol. The van der Waals surface area contributed by atoms with E-state index in [1.54, 1.807) is 0 Å². The third-order valence-corrected chi connectivity index (χ3v) is 6.98. The van der Waals surface area contributed by atoms with Gasteiger partial charge in [0, 0.05) is 0 Å². The maximum Gasteiger partial charge on any atom is 0.208 e. The molecule has 2 nitrogen and oxygen atoms in total. The smallest absolute Gasteiger partial charge is 0.208 e. The highest BCUT2D eigenvalue weighted by Gasteiger charge is 2.35. The zero-order chi connectivity index (χ0) is 11.8. The molecule has 0 spiro atoms. The van der Waals surface area contributed by atoms with Gasteiger partial charge in [0.2, 0.25) is 4.17 Å². The molecular formula is C11H16Cl2O2S. The summed E-state index contributed by atoms with van der Waals surface area (Å²) in [7, 11) is -3.35. The molecule has 92 valence electrons. The van der Waals surface area contributed by atoms with Crippen LogP contribution >= 0.6 is 23.2 Å². The molecule has 0 N–H and O–H groups in total. The van der Waals surface area contributed by atoms with Crippen LogP contribution in [0.25, 0.3) is 0 Å². The summed E-state index contributed by atoms with van der Waals surface area (Å²) in [5.74, 6) is 0. The van der Waals surface area contributed by atoms with Crippen LogP contribution in [0.2, 0.25) is 0 Å². The maximum absolute atomic E-state index is 11.9. The van der Waals surface area contributed by atoms with E-state index in [0.717, 1.165) is 19.3 Å². The number of allylic oxidation sites excluding steroid dienone is 2. The number of alkyl halides is 2. The quantitative estimate of drug-likeness (QED) is 0.573. The molecule has 0 bridgehead atoms. The fourth-order valence-electron chi connectivity index (χ4n) is 2.72. The van der Waals surface area contributed by atoms with Crippen LogP contribution in [0.4, 0.5) is 0 Å². The molecule has 0 radical (unpaired) electrons. The second-order valence-electron chi connectivity index (χ2n) is 4.63. The van der Waals surface area contributed by atoms with Gasteiger partial charge in [-0.1, -0.05) is 34.3 Å². The molecule has 0 aliphatic heterocycles. The molecule has 5 heteroatoms. The fraction of sp³-hybridized carbons (Fsp3) is 0.818. The normalized spacial score (nSPS) is 27.1. The molecule has 1 atom stereocenters. The average Bonchev–Trinajstić information content (AvgIpc) is 2.28. The molecule has 0 fully saturated rings. The van der Waals surface area contributed by atoms with Gasteiger partial charge in [-0.15, -0.1) is 0 Å². The van der Waals surface area contributed by atoms with Crippen LogP contribution in [0.1, 0.15) is 44.9 Å². The second-order valence-corrected chi connectivity index (χ2v) is 8.56. The van der Waals surface area contributed by atoms with Crippen molar-refractivity contribution in [2.24, 2.45) is 0 Å². The highest BCUT2D eigenvalue weighted by atomic mass is 35.5. The molecule has 0 aromatic rings. The van der Waals surface area contributed by atoms with Crippen LogP contribution in [0.3, 0.4) is 0 Å². The average molecular weight is 283 g/mol. The van der Waals surface area contributed by atoms with Crippen molar-refractivity contribution in [3.05, 3.63) is 11.1 Å². The summed E-state index contributed by atoms with van der Waals surface area (Å²) < 4.78 is 22.5. The summed E-state index contributed by atoms with van der Waals surface area (Å²) in [6.07, 6.45) is 6.94. The summed E-state index contributed by atoms with van der Waals surface area (Å²) in [5.41, 5.74) is 2.86. The Morgan fingerprint density at radius 2 is 1.69 bits per heavy atom. The lowest BCUT2D eigenvalue weighted by Crippen LogP contribution is -2.30. The standard InChI is InChI=1S/C11H16Cl2O2S/c12-11(13)16(14,15)10-6-5-8-3-1-2-4-9(8)7-10/h10-11H,1-7H2. The minimum Gasteiger partial charge on any atom is -0.226 e.